The standard InChI is InChI=1S/C18H27N3O2.2BrH/c22-18(23-16-17-6-2-1-3-7-17)19-8-4-5-12-21-13-9-20(10-14-21)11-15-21;;/h1-3,6-7H,4-5,8-16H2;2*1H. The van der Waals surface area contributed by atoms with Crippen molar-refractivity contribution in [1.29, 1.82) is 0 Å². The fourth-order valence-corrected chi connectivity index (χ4v) is 3.60. The number of nitrogens with one attached hydrogen (secondary N) is 1. The van der Waals surface area contributed by atoms with Crippen molar-refractivity contribution >= 4 is 23.1 Å². The molecule has 1 amide bonds. The molecule has 25 heavy (non-hydrogen) atoms. The maximum Gasteiger partial charge on any atom is 0.407 e. The minimum atomic E-state index is -0.313. The van der Waals surface area contributed by atoms with Crippen molar-refractivity contribution in [2.45, 2.75) is 19.4 Å². The number of alkyl carbamates (subject to hydrolysis) is 1. The van der Waals surface area contributed by atoms with Crippen LogP contribution in [0.5, 0.6) is 0 Å². The van der Waals surface area contributed by atoms with Crippen LogP contribution in [-0.2, 0) is 11.3 Å². The Bertz CT molecular complexity index is 495. The number of hydrogen-bond donors (Lipinski definition) is 1. The number of benzene rings is 1. The van der Waals surface area contributed by atoms with Crippen LogP contribution in [0.3, 0.4) is 0 Å². The maximum atomic E-state index is 11.7. The number of carbonyl (C=O) groups excluding carboxylic acids is 1. The third-order valence-electron chi connectivity index (χ3n) is 5.21. The SMILES string of the molecule is Br.O=C(NCCCC[N+]12CCN(CC1)CC2)OCc1ccccc1.[Br-]. The van der Waals surface area contributed by atoms with E-state index in [2.05, 4.69) is 10.2 Å². The monoisotopic (exact) mass is 477 g/mol. The van der Waals surface area contributed by atoms with Crippen LogP contribution in [0.2, 0.25) is 0 Å². The first-order valence-corrected chi connectivity index (χ1v) is 8.78. The predicted octanol–water partition coefficient (Wildman–Crippen LogP) is -0.579. The van der Waals surface area contributed by atoms with Crippen LogP contribution in [0, 0.1) is 0 Å². The molecule has 0 aliphatic carbocycles. The molecule has 7 heteroatoms. The summed E-state index contributed by atoms with van der Waals surface area (Å²) in [5.74, 6) is 0. The Morgan fingerprint density at radius 1 is 1.08 bits per heavy atom. The molecule has 3 aliphatic rings. The number of amides is 1. The van der Waals surface area contributed by atoms with E-state index >= 15 is 0 Å². The van der Waals surface area contributed by atoms with E-state index in [9.17, 15) is 4.79 Å². The number of ether oxygens (including phenoxy) is 1. The number of halogens is 2. The third kappa shape index (κ3) is 6.89. The molecule has 5 nitrogen and oxygen atoms in total. The van der Waals surface area contributed by atoms with Crippen molar-refractivity contribution in [2.75, 3.05) is 52.4 Å². The first-order valence-electron chi connectivity index (χ1n) is 8.78. The summed E-state index contributed by atoms with van der Waals surface area (Å²) in [4.78, 5) is 14.2. The molecular weight excluding hydrogens is 450 g/mol. The average Bonchev–Trinajstić information content (AvgIpc) is 2.62. The summed E-state index contributed by atoms with van der Waals surface area (Å²) in [7, 11) is 0. The minimum absolute atomic E-state index is 0. The van der Waals surface area contributed by atoms with Crippen LogP contribution < -0.4 is 22.3 Å². The number of nitrogens with zero attached hydrogens (tertiary/aromatic N) is 2. The van der Waals surface area contributed by atoms with Crippen LogP contribution in [0.4, 0.5) is 4.79 Å². The molecule has 3 aliphatic heterocycles. The van der Waals surface area contributed by atoms with Gasteiger partial charge < -0.3 is 31.5 Å². The van der Waals surface area contributed by atoms with Crippen molar-refractivity contribution in [3.8, 4) is 0 Å². The van der Waals surface area contributed by atoms with E-state index in [1.807, 2.05) is 30.3 Å². The van der Waals surface area contributed by atoms with E-state index in [1.54, 1.807) is 0 Å². The van der Waals surface area contributed by atoms with Crippen LogP contribution in [0.25, 0.3) is 0 Å². The van der Waals surface area contributed by atoms with E-state index in [1.165, 1.54) is 56.7 Å². The Kier molecular flexibility index (Phi) is 10.0. The zero-order chi connectivity index (χ0) is 16.0. The van der Waals surface area contributed by atoms with Gasteiger partial charge in [0.2, 0.25) is 0 Å². The lowest BCUT2D eigenvalue weighted by atomic mass is 10.1. The Balaban J connectivity index is 0.00000156. The Hall–Kier alpha value is -0.630. The highest BCUT2D eigenvalue weighted by Crippen LogP contribution is 2.20. The van der Waals surface area contributed by atoms with Gasteiger partial charge in [-0.05, 0) is 18.4 Å². The van der Waals surface area contributed by atoms with Crippen LogP contribution >= 0.6 is 17.0 Å². The number of carbonyl (C=O) groups is 1. The number of fused-ring (bicyclic) bond motifs is 3. The molecule has 1 N–H and O–H groups in total. The smallest absolute Gasteiger partial charge is 0.407 e. The van der Waals surface area contributed by atoms with Crippen LogP contribution in [0.15, 0.2) is 30.3 Å². The first-order chi connectivity index (χ1) is 11.3. The number of piperazine rings is 3. The van der Waals surface area contributed by atoms with E-state index in [-0.39, 0.29) is 40.1 Å². The highest BCUT2D eigenvalue weighted by molar-refractivity contribution is 8.93. The summed E-state index contributed by atoms with van der Waals surface area (Å²) in [6, 6.07) is 9.77. The topological polar surface area (TPSA) is 41.6 Å². The van der Waals surface area contributed by atoms with Gasteiger partial charge in [-0.1, -0.05) is 30.3 Å². The van der Waals surface area contributed by atoms with Gasteiger partial charge in [-0.3, -0.25) is 4.90 Å². The van der Waals surface area contributed by atoms with Gasteiger partial charge in [-0.25, -0.2) is 4.79 Å². The Morgan fingerprint density at radius 3 is 2.36 bits per heavy atom. The number of unbranched alkanes of at least 4 members (excludes halogenated alkanes) is 1. The van der Waals surface area contributed by atoms with E-state index in [4.69, 9.17) is 4.74 Å². The molecule has 0 unspecified atom stereocenters. The molecule has 1 aromatic carbocycles. The summed E-state index contributed by atoms with van der Waals surface area (Å²) in [5, 5.41) is 2.85. The highest BCUT2D eigenvalue weighted by Gasteiger charge is 2.37. The van der Waals surface area contributed by atoms with Crippen LogP contribution in [-0.4, -0.2) is 67.8 Å². The fourth-order valence-electron chi connectivity index (χ4n) is 3.60. The van der Waals surface area contributed by atoms with Gasteiger partial charge in [0, 0.05) is 26.2 Å². The quantitative estimate of drug-likeness (QED) is 0.421. The van der Waals surface area contributed by atoms with Gasteiger partial charge in [-0.2, -0.15) is 0 Å². The highest BCUT2D eigenvalue weighted by atomic mass is 79.9. The van der Waals surface area contributed by atoms with Crippen LogP contribution in [0.1, 0.15) is 18.4 Å². The molecule has 3 fully saturated rings. The lowest BCUT2D eigenvalue weighted by molar-refractivity contribution is -0.941. The molecule has 3 heterocycles. The molecule has 1 aromatic rings. The second-order valence-electron chi connectivity index (χ2n) is 6.77. The largest absolute Gasteiger partial charge is 1.00 e. The first kappa shape index (κ1) is 22.4. The molecule has 4 rings (SSSR count). The van der Waals surface area contributed by atoms with Crippen molar-refractivity contribution in [3.05, 3.63) is 35.9 Å². The second kappa shape index (κ2) is 11.2. The lowest BCUT2D eigenvalue weighted by Crippen LogP contribution is -3.00. The van der Waals surface area contributed by atoms with Gasteiger partial charge in [0.05, 0.1) is 26.2 Å². The number of rotatable bonds is 7. The summed E-state index contributed by atoms with van der Waals surface area (Å²) in [5.41, 5.74) is 1.02. The normalized spacial score (nSPS) is 23.9. The predicted molar refractivity (Wildman–Crippen MR) is 100 cm³/mol. The fraction of sp³-hybridized carbons (Fsp3) is 0.611. The van der Waals surface area contributed by atoms with E-state index in [0.29, 0.717) is 13.2 Å². The second-order valence-corrected chi connectivity index (χ2v) is 6.77. The molecule has 0 radical (unpaired) electrons. The van der Waals surface area contributed by atoms with Crippen molar-refractivity contribution in [2.24, 2.45) is 0 Å². The van der Waals surface area contributed by atoms with Gasteiger partial charge in [0.15, 0.2) is 0 Å². The molecule has 0 saturated carbocycles. The Labute approximate surface area is 171 Å². The van der Waals surface area contributed by atoms with E-state index in [0.717, 1.165) is 12.0 Å². The van der Waals surface area contributed by atoms with E-state index < -0.39 is 0 Å². The van der Waals surface area contributed by atoms with Crippen molar-refractivity contribution in [1.82, 2.24) is 10.2 Å². The molecule has 0 atom stereocenters. The molecule has 0 spiro atoms. The van der Waals surface area contributed by atoms with Gasteiger partial charge >= 0.3 is 6.09 Å². The van der Waals surface area contributed by atoms with Gasteiger partial charge in [0.1, 0.15) is 6.61 Å². The molecule has 3 saturated heterocycles. The van der Waals surface area contributed by atoms with Crippen molar-refractivity contribution in [3.63, 3.8) is 0 Å². The summed E-state index contributed by atoms with van der Waals surface area (Å²) < 4.78 is 6.51. The lowest BCUT2D eigenvalue weighted by Gasteiger charge is -2.50. The van der Waals surface area contributed by atoms with Gasteiger partial charge in [0.25, 0.3) is 0 Å². The summed E-state index contributed by atoms with van der Waals surface area (Å²) >= 11 is 0. The Morgan fingerprint density at radius 2 is 1.72 bits per heavy atom. The molecule has 2 bridgehead atoms. The molecule has 142 valence electrons. The number of hydrogen-bond acceptors (Lipinski definition) is 3. The number of quaternary nitrogens is 1. The average molecular weight is 479 g/mol. The van der Waals surface area contributed by atoms with Crippen molar-refractivity contribution < 1.29 is 31.0 Å². The summed E-state index contributed by atoms with van der Waals surface area (Å²) in [6.45, 7) is 10.0. The van der Waals surface area contributed by atoms with Gasteiger partial charge in [-0.15, -0.1) is 17.0 Å². The molecule has 0 aromatic heterocycles. The third-order valence-corrected chi connectivity index (χ3v) is 5.21. The minimum Gasteiger partial charge on any atom is -1.00 e. The zero-order valence-electron chi connectivity index (χ0n) is 14.7. The molecular formula is C18H29Br2N3O2. The summed E-state index contributed by atoms with van der Waals surface area (Å²) in [6.07, 6.45) is 1.90. The zero-order valence-corrected chi connectivity index (χ0v) is 18.0. The maximum absolute atomic E-state index is 11.7.